The quantitative estimate of drug-likeness (QED) is 0.781. The summed E-state index contributed by atoms with van der Waals surface area (Å²) in [6.07, 6.45) is 2.68. The highest BCUT2D eigenvalue weighted by molar-refractivity contribution is 7.94. The van der Waals surface area contributed by atoms with Crippen LogP contribution in [0.4, 0.5) is 5.88 Å². The van der Waals surface area contributed by atoms with Crippen LogP contribution in [0.2, 0.25) is 0 Å². The van der Waals surface area contributed by atoms with Gasteiger partial charge in [-0.1, -0.05) is 5.16 Å². The molecule has 1 aromatic heterocycles. The maximum Gasteiger partial charge on any atom is 0.282 e. The number of nitrogens with zero attached hydrogens (tertiary/aromatic N) is 1. The number of ether oxygens (including phenoxy) is 1. The molecule has 23 heavy (non-hydrogen) atoms. The van der Waals surface area contributed by atoms with E-state index in [0.717, 1.165) is 0 Å². The summed E-state index contributed by atoms with van der Waals surface area (Å²) < 4.78 is 22.0. The first-order chi connectivity index (χ1) is 10.8. The van der Waals surface area contributed by atoms with Crippen molar-refractivity contribution in [2.45, 2.75) is 55.1 Å². The Morgan fingerprint density at radius 2 is 2.13 bits per heavy atom. The van der Waals surface area contributed by atoms with Crippen LogP contribution in [0.3, 0.4) is 0 Å². The van der Waals surface area contributed by atoms with Crippen molar-refractivity contribution in [2.24, 2.45) is 0 Å². The fourth-order valence-corrected chi connectivity index (χ4v) is 4.28. The summed E-state index contributed by atoms with van der Waals surface area (Å²) in [5.74, 6) is -0.213. The number of nitrogens with one attached hydrogen (secondary N) is 1. The lowest BCUT2D eigenvalue weighted by atomic mass is 10.2. The Morgan fingerprint density at radius 1 is 1.48 bits per heavy atom. The van der Waals surface area contributed by atoms with E-state index in [0.29, 0.717) is 44.6 Å². The molecule has 1 unspecified atom stereocenters. The minimum atomic E-state index is -1.32. The second kappa shape index (κ2) is 6.08. The number of anilines is 1. The molecule has 0 spiro atoms. The van der Waals surface area contributed by atoms with Gasteiger partial charge in [0.15, 0.2) is 4.75 Å². The zero-order valence-electron chi connectivity index (χ0n) is 13.3. The van der Waals surface area contributed by atoms with Crippen LogP contribution in [0.15, 0.2) is 10.6 Å². The molecule has 1 aliphatic carbocycles. The molecule has 2 fully saturated rings. The topological polar surface area (TPSA) is 108 Å². The highest BCUT2D eigenvalue weighted by Crippen LogP contribution is 2.45. The van der Waals surface area contributed by atoms with Gasteiger partial charge in [-0.2, -0.15) is 0 Å². The maximum atomic E-state index is 12.7. The normalized spacial score (nSPS) is 22.6. The molecule has 7 nitrogen and oxygen atoms in total. The van der Waals surface area contributed by atoms with Gasteiger partial charge in [-0.25, -0.2) is 0 Å². The standard InChI is InChI=1S/C15H22N2O5S/c1-14(2,23(20)10-3-7-21-8-4-10)13(18)16-12-9-11(17-22-12)15(19)5-6-15/h9-10,19H,3-8H2,1-2H3,(H,16,18). The van der Waals surface area contributed by atoms with Gasteiger partial charge in [-0.3, -0.25) is 10.1 Å². The first-order valence-electron chi connectivity index (χ1n) is 7.82. The number of hydrogen-bond acceptors (Lipinski definition) is 6. The van der Waals surface area contributed by atoms with Crippen molar-refractivity contribution in [3.05, 3.63) is 11.8 Å². The van der Waals surface area contributed by atoms with Crippen LogP contribution >= 0.6 is 0 Å². The molecule has 1 atom stereocenters. The second-order valence-corrected chi connectivity index (χ2v) is 8.96. The van der Waals surface area contributed by atoms with E-state index >= 15 is 0 Å². The second-order valence-electron chi connectivity index (χ2n) is 6.68. The Morgan fingerprint density at radius 3 is 2.74 bits per heavy atom. The Kier molecular flexibility index (Phi) is 4.43. The molecule has 0 radical (unpaired) electrons. The molecule has 2 aliphatic rings. The minimum absolute atomic E-state index is 0.0398. The van der Waals surface area contributed by atoms with Crippen molar-refractivity contribution < 1.29 is 23.7 Å². The van der Waals surface area contributed by atoms with E-state index in [2.05, 4.69) is 10.5 Å². The molecule has 1 amide bonds. The number of carbonyl (C=O) groups is 1. The van der Waals surface area contributed by atoms with Crippen LogP contribution in [0.5, 0.6) is 0 Å². The minimum Gasteiger partial charge on any atom is -0.615 e. The molecule has 1 aromatic rings. The first kappa shape index (κ1) is 16.8. The summed E-state index contributed by atoms with van der Waals surface area (Å²) in [6.45, 7) is 4.50. The zero-order valence-corrected chi connectivity index (χ0v) is 14.1. The lowest BCUT2D eigenvalue weighted by Crippen LogP contribution is -2.50. The highest BCUT2D eigenvalue weighted by atomic mass is 32.2. The number of aromatic nitrogens is 1. The van der Waals surface area contributed by atoms with Crippen molar-refractivity contribution in [1.29, 1.82) is 0 Å². The third-order valence-corrected chi connectivity index (χ3v) is 6.74. The molecule has 0 aromatic carbocycles. The van der Waals surface area contributed by atoms with E-state index in [1.165, 1.54) is 6.07 Å². The monoisotopic (exact) mass is 342 g/mol. The molecule has 1 saturated heterocycles. The van der Waals surface area contributed by atoms with E-state index in [1.807, 2.05) is 0 Å². The number of aliphatic hydroxyl groups is 1. The van der Waals surface area contributed by atoms with Crippen molar-refractivity contribution in [3.8, 4) is 0 Å². The fraction of sp³-hybridized carbons (Fsp3) is 0.733. The van der Waals surface area contributed by atoms with E-state index < -0.39 is 21.5 Å². The van der Waals surface area contributed by atoms with E-state index in [1.54, 1.807) is 13.8 Å². The number of rotatable bonds is 5. The number of amides is 1. The summed E-state index contributed by atoms with van der Waals surface area (Å²) in [6, 6.07) is 1.53. The van der Waals surface area contributed by atoms with Crippen LogP contribution < -0.4 is 5.32 Å². The third-order valence-electron chi connectivity index (χ3n) is 4.47. The molecule has 8 heteroatoms. The van der Waals surface area contributed by atoms with Gasteiger partial charge in [0.05, 0.1) is 13.2 Å². The molecule has 0 bridgehead atoms. The number of carbonyl (C=O) groups excluding carboxylic acids is 1. The van der Waals surface area contributed by atoms with Crippen LogP contribution in [0.25, 0.3) is 0 Å². The van der Waals surface area contributed by atoms with Gasteiger partial charge in [-0.05, 0) is 37.9 Å². The van der Waals surface area contributed by atoms with Gasteiger partial charge in [0.2, 0.25) is 5.88 Å². The van der Waals surface area contributed by atoms with Crippen LogP contribution in [0.1, 0.15) is 45.2 Å². The van der Waals surface area contributed by atoms with E-state index in [-0.39, 0.29) is 17.0 Å². The first-order valence-corrected chi connectivity index (χ1v) is 9.04. The lowest BCUT2D eigenvalue weighted by Gasteiger charge is -2.34. The summed E-state index contributed by atoms with van der Waals surface area (Å²) in [5.41, 5.74) is -0.483. The van der Waals surface area contributed by atoms with Gasteiger partial charge >= 0.3 is 0 Å². The van der Waals surface area contributed by atoms with Gasteiger partial charge < -0.3 is 18.9 Å². The van der Waals surface area contributed by atoms with Crippen LogP contribution in [-0.4, -0.2) is 43.9 Å². The predicted octanol–water partition coefficient (Wildman–Crippen LogP) is 1.30. The molecular weight excluding hydrogens is 320 g/mol. The third kappa shape index (κ3) is 3.40. The number of hydrogen-bond donors (Lipinski definition) is 2. The van der Waals surface area contributed by atoms with Gasteiger partial charge in [0.25, 0.3) is 5.91 Å². The van der Waals surface area contributed by atoms with Crippen LogP contribution in [0, 0.1) is 0 Å². The fourth-order valence-electron chi connectivity index (χ4n) is 2.59. The summed E-state index contributed by atoms with van der Waals surface area (Å²) in [5, 5.41) is 16.3. The molecule has 1 saturated carbocycles. The van der Waals surface area contributed by atoms with Crippen LogP contribution in [-0.2, 0) is 26.3 Å². The smallest absolute Gasteiger partial charge is 0.282 e. The Hall–Kier alpha value is -1.09. The van der Waals surface area contributed by atoms with Crippen molar-refractivity contribution in [3.63, 3.8) is 0 Å². The molecule has 2 N–H and O–H groups in total. The van der Waals surface area contributed by atoms with E-state index in [9.17, 15) is 14.5 Å². The average Bonchev–Trinajstić information content (AvgIpc) is 3.11. The SMILES string of the molecule is CC(C)(C(=O)Nc1cc(C2(O)CC2)no1)[S+]([O-])C1CCOCC1. The van der Waals surface area contributed by atoms with Gasteiger partial charge in [-0.15, -0.1) is 0 Å². The zero-order chi connectivity index (χ0) is 16.7. The Bertz CT molecular complexity index is 578. The van der Waals surface area contributed by atoms with Crippen molar-refractivity contribution in [1.82, 2.24) is 5.16 Å². The summed E-state index contributed by atoms with van der Waals surface area (Å²) in [7, 11) is 0. The molecule has 3 rings (SSSR count). The molecular formula is C15H22N2O5S. The maximum absolute atomic E-state index is 12.7. The van der Waals surface area contributed by atoms with Crippen molar-refractivity contribution >= 4 is 23.0 Å². The van der Waals surface area contributed by atoms with Gasteiger partial charge in [0.1, 0.15) is 16.5 Å². The lowest BCUT2D eigenvalue weighted by molar-refractivity contribution is -0.118. The average molecular weight is 342 g/mol. The predicted molar refractivity (Wildman–Crippen MR) is 84.3 cm³/mol. The highest BCUT2D eigenvalue weighted by Gasteiger charge is 2.47. The Balaban J connectivity index is 1.64. The summed E-state index contributed by atoms with van der Waals surface area (Å²) >= 11 is -1.32. The summed E-state index contributed by atoms with van der Waals surface area (Å²) in [4.78, 5) is 12.5. The van der Waals surface area contributed by atoms with E-state index in [4.69, 9.17) is 9.26 Å². The molecule has 1 aliphatic heterocycles. The largest absolute Gasteiger partial charge is 0.615 e. The molecule has 128 valence electrons. The van der Waals surface area contributed by atoms with Crippen molar-refractivity contribution in [2.75, 3.05) is 18.5 Å². The molecule has 2 heterocycles. The van der Waals surface area contributed by atoms with Gasteiger partial charge in [0, 0.05) is 18.9 Å². The Labute approximate surface area is 137 Å².